The normalized spacial score (nSPS) is 11.3. The highest BCUT2D eigenvalue weighted by Gasteiger charge is 2.14. The molecule has 0 saturated carbocycles. The van der Waals surface area contributed by atoms with Gasteiger partial charge >= 0.3 is 0 Å². The summed E-state index contributed by atoms with van der Waals surface area (Å²) in [6.07, 6.45) is 4.51. The average molecular weight is 224 g/mol. The predicted molar refractivity (Wildman–Crippen MR) is 66.4 cm³/mol. The number of aromatic nitrogens is 3. The highest BCUT2D eigenvalue weighted by Crippen LogP contribution is 2.18. The zero-order valence-corrected chi connectivity index (χ0v) is 10.7. The Balaban J connectivity index is 2.74. The summed E-state index contributed by atoms with van der Waals surface area (Å²) in [5.74, 6) is 0.471. The Kier molecular flexibility index (Phi) is 5.46. The van der Waals surface area contributed by atoms with E-state index in [-0.39, 0.29) is 0 Å². The van der Waals surface area contributed by atoms with Gasteiger partial charge in [0.15, 0.2) is 0 Å². The smallest absolute Gasteiger partial charge is 0.0874 e. The predicted octanol–water partition coefficient (Wildman–Crippen LogP) is 2.09. The number of hydrogen-bond acceptors (Lipinski definition) is 3. The number of aryl methyl sites for hydroxylation is 1. The fourth-order valence-electron chi connectivity index (χ4n) is 1.98. The molecule has 16 heavy (non-hydrogen) atoms. The second kappa shape index (κ2) is 6.63. The van der Waals surface area contributed by atoms with Crippen molar-refractivity contribution >= 4 is 0 Å². The topological polar surface area (TPSA) is 56.7 Å². The molecule has 0 aromatic carbocycles. The van der Waals surface area contributed by atoms with Crippen LogP contribution in [-0.4, -0.2) is 21.5 Å². The minimum atomic E-state index is 0.471. The summed E-state index contributed by atoms with van der Waals surface area (Å²) in [6, 6.07) is 0. The van der Waals surface area contributed by atoms with E-state index in [1.807, 2.05) is 0 Å². The summed E-state index contributed by atoms with van der Waals surface area (Å²) in [5.41, 5.74) is 7.93. The minimum absolute atomic E-state index is 0.471. The van der Waals surface area contributed by atoms with Gasteiger partial charge in [-0.15, -0.1) is 5.10 Å². The summed E-state index contributed by atoms with van der Waals surface area (Å²) in [6.45, 7) is 8.22. The molecule has 1 heterocycles. The molecule has 1 aromatic rings. The Bertz CT molecular complexity index is 304. The van der Waals surface area contributed by atoms with Gasteiger partial charge in [0.1, 0.15) is 0 Å². The van der Waals surface area contributed by atoms with Gasteiger partial charge in [0, 0.05) is 13.0 Å². The third-order valence-electron chi connectivity index (χ3n) is 2.75. The van der Waals surface area contributed by atoms with E-state index in [0.29, 0.717) is 12.5 Å². The number of rotatable bonds is 7. The fourth-order valence-corrected chi connectivity index (χ4v) is 1.98. The second-order valence-electron chi connectivity index (χ2n) is 4.55. The van der Waals surface area contributed by atoms with Crippen LogP contribution >= 0.6 is 0 Å². The molecule has 1 aromatic heterocycles. The summed E-state index contributed by atoms with van der Waals surface area (Å²) in [4.78, 5) is 0. The van der Waals surface area contributed by atoms with Crippen LogP contribution in [0.4, 0.5) is 0 Å². The van der Waals surface area contributed by atoms with Crippen LogP contribution in [0.2, 0.25) is 0 Å². The van der Waals surface area contributed by atoms with E-state index in [4.69, 9.17) is 5.73 Å². The van der Waals surface area contributed by atoms with Gasteiger partial charge in [0.25, 0.3) is 0 Å². The fraction of sp³-hybridized carbons (Fsp3) is 0.833. The van der Waals surface area contributed by atoms with Crippen molar-refractivity contribution in [3.63, 3.8) is 0 Å². The molecular weight excluding hydrogens is 200 g/mol. The highest BCUT2D eigenvalue weighted by molar-refractivity contribution is 5.14. The van der Waals surface area contributed by atoms with Crippen LogP contribution in [-0.2, 0) is 13.0 Å². The summed E-state index contributed by atoms with van der Waals surface area (Å²) in [5, 5.41) is 8.48. The van der Waals surface area contributed by atoms with Crippen LogP contribution in [0.1, 0.15) is 57.3 Å². The Morgan fingerprint density at radius 3 is 2.62 bits per heavy atom. The van der Waals surface area contributed by atoms with E-state index in [2.05, 4.69) is 35.8 Å². The van der Waals surface area contributed by atoms with Crippen LogP contribution < -0.4 is 5.73 Å². The van der Waals surface area contributed by atoms with Crippen molar-refractivity contribution in [1.29, 1.82) is 0 Å². The molecule has 0 fully saturated rings. The van der Waals surface area contributed by atoms with Crippen molar-refractivity contribution in [2.75, 3.05) is 6.54 Å². The van der Waals surface area contributed by atoms with Gasteiger partial charge in [-0.05, 0) is 18.9 Å². The van der Waals surface area contributed by atoms with Crippen LogP contribution in [0.15, 0.2) is 0 Å². The zero-order chi connectivity index (χ0) is 12.0. The Labute approximate surface area is 98.2 Å². The molecule has 2 N–H and O–H groups in total. The third kappa shape index (κ3) is 3.30. The van der Waals surface area contributed by atoms with E-state index in [1.165, 1.54) is 25.0 Å². The van der Waals surface area contributed by atoms with Gasteiger partial charge in [0.05, 0.1) is 11.4 Å². The number of unbranched alkanes of at least 4 members (excludes halogenated alkanes) is 2. The lowest BCUT2D eigenvalue weighted by Gasteiger charge is -2.10. The van der Waals surface area contributed by atoms with E-state index < -0.39 is 0 Å². The first-order valence-corrected chi connectivity index (χ1v) is 6.33. The summed E-state index contributed by atoms with van der Waals surface area (Å²) < 4.78 is 2.06. The molecule has 0 aliphatic rings. The maximum Gasteiger partial charge on any atom is 0.0874 e. The lowest BCUT2D eigenvalue weighted by atomic mass is 10.1. The average Bonchev–Trinajstić information content (AvgIpc) is 2.62. The van der Waals surface area contributed by atoms with E-state index >= 15 is 0 Å². The molecule has 0 saturated heterocycles. The first-order chi connectivity index (χ1) is 7.70. The molecule has 0 bridgehead atoms. The maximum atomic E-state index is 5.58. The molecule has 0 unspecified atom stereocenters. The molecule has 0 atom stereocenters. The monoisotopic (exact) mass is 224 g/mol. The zero-order valence-electron chi connectivity index (χ0n) is 10.7. The van der Waals surface area contributed by atoms with Crippen molar-refractivity contribution < 1.29 is 0 Å². The Morgan fingerprint density at radius 1 is 1.31 bits per heavy atom. The van der Waals surface area contributed by atoms with Gasteiger partial charge in [0.2, 0.25) is 0 Å². The van der Waals surface area contributed by atoms with Crippen LogP contribution in [0.3, 0.4) is 0 Å². The van der Waals surface area contributed by atoms with Crippen LogP contribution in [0.5, 0.6) is 0 Å². The quantitative estimate of drug-likeness (QED) is 0.721. The number of nitrogens with zero attached hydrogens (tertiary/aromatic N) is 3. The summed E-state index contributed by atoms with van der Waals surface area (Å²) in [7, 11) is 0. The standard InChI is InChI=1S/C12H24N4/c1-4-5-6-9-16-12(10(2)3)11(7-8-13)14-15-16/h10H,4-9,13H2,1-3H3. The molecule has 0 radical (unpaired) electrons. The van der Waals surface area contributed by atoms with Crippen molar-refractivity contribution in [2.24, 2.45) is 5.73 Å². The third-order valence-corrected chi connectivity index (χ3v) is 2.75. The van der Waals surface area contributed by atoms with Crippen molar-refractivity contribution in [3.8, 4) is 0 Å². The van der Waals surface area contributed by atoms with E-state index in [0.717, 1.165) is 18.7 Å². The Hall–Kier alpha value is -0.900. The highest BCUT2D eigenvalue weighted by atomic mass is 15.4. The molecule has 0 aliphatic carbocycles. The lowest BCUT2D eigenvalue weighted by molar-refractivity contribution is 0.510. The summed E-state index contributed by atoms with van der Waals surface area (Å²) >= 11 is 0. The molecular formula is C12H24N4. The first-order valence-electron chi connectivity index (χ1n) is 6.33. The van der Waals surface area contributed by atoms with Gasteiger partial charge < -0.3 is 5.73 Å². The molecule has 0 spiro atoms. The maximum absolute atomic E-state index is 5.58. The van der Waals surface area contributed by atoms with Crippen molar-refractivity contribution in [2.45, 2.75) is 58.9 Å². The van der Waals surface area contributed by atoms with Gasteiger partial charge in [-0.1, -0.05) is 38.8 Å². The minimum Gasteiger partial charge on any atom is -0.330 e. The molecule has 92 valence electrons. The van der Waals surface area contributed by atoms with Crippen molar-refractivity contribution in [3.05, 3.63) is 11.4 Å². The lowest BCUT2D eigenvalue weighted by Crippen LogP contribution is -2.10. The van der Waals surface area contributed by atoms with E-state index in [9.17, 15) is 0 Å². The van der Waals surface area contributed by atoms with Crippen LogP contribution in [0, 0.1) is 0 Å². The van der Waals surface area contributed by atoms with E-state index in [1.54, 1.807) is 0 Å². The molecule has 4 nitrogen and oxygen atoms in total. The molecule has 4 heteroatoms. The van der Waals surface area contributed by atoms with Gasteiger partial charge in [-0.2, -0.15) is 0 Å². The largest absolute Gasteiger partial charge is 0.330 e. The molecule has 0 amide bonds. The SMILES string of the molecule is CCCCCn1nnc(CCN)c1C(C)C. The molecule has 0 aliphatic heterocycles. The van der Waals surface area contributed by atoms with Crippen molar-refractivity contribution in [1.82, 2.24) is 15.0 Å². The van der Waals surface area contributed by atoms with Gasteiger partial charge in [-0.3, -0.25) is 0 Å². The molecule has 1 rings (SSSR count). The second-order valence-corrected chi connectivity index (χ2v) is 4.55. The first kappa shape index (κ1) is 13.2. The number of hydrogen-bond donors (Lipinski definition) is 1. The van der Waals surface area contributed by atoms with Gasteiger partial charge in [-0.25, -0.2) is 4.68 Å². The number of nitrogens with two attached hydrogens (primary N) is 1. The van der Waals surface area contributed by atoms with Crippen LogP contribution in [0.25, 0.3) is 0 Å². The Morgan fingerprint density at radius 2 is 2.06 bits per heavy atom.